The fourth-order valence-electron chi connectivity index (χ4n) is 3.28. The van der Waals surface area contributed by atoms with Crippen molar-refractivity contribution in [3.63, 3.8) is 0 Å². The van der Waals surface area contributed by atoms with E-state index < -0.39 is 0 Å². The average molecular weight is 388 g/mol. The van der Waals surface area contributed by atoms with Crippen molar-refractivity contribution in [2.45, 2.75) is 19.5 Å². The molecular formula is C19H18ClN3S2. The Labute approximate surface area is 161 Å². The van der Waals surface area contributed by atoms with Crippen LogP contribution in [0.25, 0.3) is 0 Å². The minimum absolute atomic E-state index is 0.142. The molecule has 0 unspecified atom stereocenters. The van der Waals surface area contributed by atoms with Gasteiger partial charge in [-0.15, -0.1) is 11.3 Å². The van der Waals surface area contributed by atoms with Crippen LogP contribution in [0.1, 0.15) is 22.2 Å². The average Bonchev–Trinajstić information content (AvgIpc) is 3.29. The molecule has 0 aliphatic carbocycles. The number of anilines is 1. The standard InChI is InChI=1S/C19H18ClN3S2/c1-13-14(20)5-2-6-15(13)21-19(24)23-11-10-22-9-3-7-16(22)18(23)17-8-4-12-25-17/h2-9,12,18H,10-11H2,1H3,(H,21,24)/t18-/m0/s1. The summed E-state index contributed by atoms with van der Waals surface area (Å²) >= 11 is 13.8. The number of hydrogen-bond acceptors (Lipinski definition) is 2. The summed E-state index contributed by atoms with van der Waals surface area (Å²) in [6.45, 7) is 3.81. The molecule has 1 aliphatic rings. The Hall–Kier alpha value is -1.82. The summed E-state index contributed by atoms with van der Waals surface area (Å²) in [5.74, 6) is 0. The number of nitrogens with zero attached hydrogens (tertiary/aromatic N) is 2. The molecule has 2 aromatic heterocycles. The summed E-state index contributed by atoms with van der Waals surface area (Å²) in [5.41, 5.74) is 3.25. The van der Waals surface area contributed by atoms with Crippen molar-refractivity contribution in [1.29, 1.82) is 0 Å². The Morgan fingerprint density at radius 2 is 2.08 bits per heavy atom. The highest BCUT2D eigenvalue weighted by Gasteiger charge is 2.31. The fourth-order valence-corrected chi connectivity index (χ4v) is 4.61. The highest BCUT2D eigenvalue weighted by Crippen LogP contribution is 2.35. The van der Waals surface area contributed by atoms with E-state index >= 15 is 0 Å². The maximum Gasteiger partial charge on any atom is 0.174 e. The summed E-state index contributed by atoms with van der Waals surface area (Å²) < 4.78 is 2.31. The van der Waals surface area contributed by atoms with Crippen LogP contribution in [-0.4, -0.2) is 21.1 Å². The number of aromatic nitrogens is 1. The maximum atomic E-state index is 6.25. The van der Waals surface area contributed by atoms with E-state index in [1.54, 1.807) is 11.3 Å². The van der Waals surface area contributed by atoms with Crippen LogP contribution < -0.4 is 5.32 Å². The SMILES string of the molecule is Cc1c(Cl)cccc1NC(=S)N1CCn2cccc2[C@H]1c1cccs1. The molecule has 1 N–H and O–H groups in total. The smallest absolute Gasteiger partial charge is 0.174 e. The molecule has 0 radical (unpaired) electrons. The summed E-state index contributed by atoms with van der Waals surface area (Å²) in [4.78, 5) is 3.57. The number of halogens is 1. The van der Waals surface area contributed by atoms with Crippen LogP contribution in [0, 0.1) is 6.92 Å². The van der Waals surface area contributed by atoms with E-state index in [1.165, 1.54) is 10.6 Å². The van der Waals surface area contributed by atoms with Gasteiger partial charge < -0.3 is 14.8 Å². The summed E-state index contributed by atoms with van der Waals surface area (Å²) in [6.07, 6.45) is 2.14. The van der Waals surface area contributed by atoms with Crippen molar-refractivity contribution in [3.05, 3.63) is 75.2 Å². The van der Waals surface area contributed by atoms with Crippen LogP contribution in [-0.2, 0) is 6.54 Å². The van der Waals surface area contributed by atoms with Gasteiger partial charge in [-0.25, -0.2) is 0 Å². The van der Waals surface area contributed by atoms with E-state index in [1.807, 2.05) is 25.1 Å². The van der Waals surface area contributed by atoms with E-state index in [0.717, 1.165) is 34.5 Å². The lowest BCUT2D eigenvalue weighted by atomic mass is 10.1. The molecule has 1 aromatic carbocycles. The van der Waals surface area contributed by atoms with Gasteiger partial charge in [-0.2, -0.15) is 0 Å². The van der Waals surface area contributed by atoms with Crippen molar-refractivity contribution in [2.24, 2.45) is 0 Å². The second-order valence-electron chi connectivity index (χ2n) is 6.08. The van der Waals surface area contributed by atoms with Gasteiger partial charge in [0.15, 0.2) is 5.11 Å². The van der Waals surface area contributed by atoms with Gasteiger partial charge >= 0.3 is 0 Å². The third-order valence-corrected chi connectivity index (χ3v) is 6.29. The molecule has 6 heteroatoms. The first-order valence-corrected chi connectivity index (χ1v) is 9.83. The van der Waals surface area contributed by atoms with E-state index in [0.29, 0.717) is 0 Å². The van der Waals surface area contributed by atoms with E-state index in [2.05, 4.69) is 50.6 Å². The van der Waals surface area contributed by atoms with Crippen LogP contribution in [0.3, 0.4) is 0 Å². The van der Waals surface area contributed by atoms with Gasteiger partial charge in [-0.1, -0.05) is 23.7 Å². The molecule has 128 valence electrons. The first kappa shape index (κ1) is 16.6. The quantitative estimate of drug-likeness (QED) is 0.601. The Balaban J connectivity index is 1.66. The van der Waals surface area contributed by atoms with Crippen LogP contribution in [0.4, 0.5) is 5.69 Å². The van der Waals surface area contributed by atoms with Crippen LogP contribution in [0.5, 0.6) is 0 Å². The first-order valence-electron chi connectivity index (χ1n) is 8.16. The van der Waals surface area contributed by atoms with Gasteiger partial charge in [-0.05, 0) is 60.4 Å². The second-order valence-corrected chi connectivity index (χ2v) is 7.85. The molecule has 3 heterocycles. The number of nitrogens with one attached hydrogen (secondary N) is 1. The van der Waals surface area contributed by atoms with Crippen LogP contribution in [0.15, 0.2) is 54.0 Å². The van der Waals surface area contributed by atoms with E-state index in [-0.39, 0.29) is 6.04 Å². The van der Waals surface area contributed by atoms with Gasteiger partial charge in [0.2, 0.25) is 0 Å². The normalized spacial score (nSPS) is 16.6. The molecule has 0 saturated heterocycles. The molecule has 25 heavy (non-hydrogen) atoms. The molecule has 4 rings (SSSR count). The van der Waals surface area contributed by atoms with Crippen LogP contribution >= 0.6 is 35.2 Å². The lowest BCUT2D eigenvalue weighted by Crippen LogP contribution is -2.44. The Morgan fingerprint density at radius 1 is 1.20 bits per heavy atom. The van der Waals surface area contributed by atoms with Crippen LogP contribution in [0.2, 0.25) is 5.02 Å². The topological polar surface area (TPSA) is 20.2 Å². The molecule has 3 nitrogen and oxygen atoms in total. The minimum atomic E-state index is 0.142. The molecular weight excluding hydrogens is 370 g/mol. The zero-order valence-electron chi connectivity index (χ0n) is 13.8. The molecule has 3 aromatic rings. The molecule has 0 amide bonds. The summed E-state index contributed by atoms with van der Waals surface area (Å²) in [5, 5.41) is 7.00. The largest absolute Gasteiger partial charge is 0.347 e. The highest BCUT2D eigenvalue weighted by molar-refractivity contribution is 7.80. The molecule has 1 aliphatic heterocycles. The predicted molar refractivity (Wildman–Crippen MR) is 110 cm³/mol. The zero-order chi connectivity index (χ0) is 17.4. The lowest BCUT2D eigenvalue weighted by Gasteiger charge is -2.38. The lowest BCUT2D eigenvalue weighted by molar-refractivity contribution is 0.297. The number of rotatable bonds is 2. The molecule has 0 bridgehead atoms. The molecule has 0 saturated carbocycles. The Morgan fingerprint density at radius 3 is 2.88 bits per heavy atom. The minimum Gasteiger partial charge on any atom is -0.347 e. The zero-order valence-corrected chi connectivity index (χ0v) is 16.2. The second kappa shape index (κ2) is 6.83. The van der Waals surface area contributed by atoms with Gasteiger partial charge in [0, 0.05) is 40.6 Å². The van der Waals surface area contributed by atoms with Crippen molar-refractivity contribution < 1.29 is 0 Å². The van der Waals surface area contributed by atoms with Gasteiger partial charge in [0.05, 0.1) is 0 Å². The number of thiophene rings is 1. The predicted octanol–water partition coefficient (Wildman–Crippen LogP) is 5.31. The molecule has 0 fully saturated rings. The number of thiocarbonyl (C=S) groups is 1. The monoisotopic (exact) mass is 387 g/mol. The Bertz CT molecular complexity index is 901. The van der Waals surface area contributed by atoms with E-state index in [4.69, 9.17) is 23.8 Å². The first-order chi connectivity index (χ1) is 12.1. The maximum absolute atomic E-state index is 6.25. The van der Waals surface area contributed by atoms with Gasteiger partial charge in [0.25, 0.3) is 0 Å². The summed E-state index contributed by atoms with van der Waals surface area (Å²) in [7, 11) is 0. The Kier molecular flexibility index (Phi) is 4.54. The molecule has 1 atom stereocenters. The fraction of sp³-hybridized carbons (Fsp3) is 0.211. The van der Waals surface area contributed by atoms with E-state index in [9.17, 15) is 0 Å². The summed E-state index contributed by atoms with van der Waals surface area (Å²) in [6, 6.07) is 14.6. The van der Waals surface area contributed by atoms with Crippen molar-refractivity contribution >= 4 is 46.0 Å². The van der Waals surface area contributed by atoms with Gasteiger partial charge in [-0.3, -0.25) is 0 Å². The number of hydrogen-bond donors (Lipinski definition) is 1. The third kappa shape index (κ3) is 3.08. The molecule has 0 spiro atoms. The van der Waals surface area contributed by atoms with Crippen molar-refractivity contribution in [3.8, 4) is 0 Å². The third-order valence-electron chi connectivity index (χ3n) is 4.62. The van der Waals surface area contributed by atoms with Gasteiger partial charge in [0.1, 0.15) is 6.04 Å². The number of fused-ring (bicyclic) bond motifs is 1. The highest BCUT2D eigenvalue weighted by atomic mass is 35.5. The van der Waals surface area contributed by atoms with Crippen molar-refractivity contribution in [2.75, 3.05) is 11.9 Å². The number of benzene rings is 1. The van der Waals surface area contributed by atoms with Crippen molar-refractivity contribution in [1.82, 2.24) is 9.47 Å².